The van der Waals surface area contributed by atoms with Crippen molar-refractivity contribution in [3.05, 3.63) is 226 Å². The Labute approximate surface area is 723 Å². The molecule has 674 valence electrons. The number of hydrogen-bond acceptors (Lipinski definition) is 36. The maximum absolute atomic E-state index is 15.8. The number of rotatable bonds is 16. The highest BCUT2D eigenvalue weighted by atomic mass is 35.5. The van der Waals surface area contributed by atoms with Crippen LogP contribution in [0, 0.1) is 63.1 Å². The average molecular weight is 1940 g/mol. The van der Waals surface area contributed by atoms with Crippen LogP contribution in [0.5, 0.6) is 23.0 Å². The molecule has 40 nitrogen and oxygen atoms in total. The number of nitrogens with zero attached hydrogens (tertiary/aromatic N) is 4. The van der Waals surface area contributed by atoms with Crippen LogP contribution in [0.2, 0.25) is 0 Å². The van der Waals surface area contributed by atoms with E-state index in [1.807, 2.05) is 0 Å². The molecule has 0 spiro atoms. The SMILES string of the molecule is Cc1cn([C@@H]2O[C@](F)(COP3(=O)OCc4cc(F)ccc4O3)[C@@H](O)[C@H]2O)c(=S)[nH]c1=O.Cl.[2H]C([2H])(OP1(=O)OCc2cc(F)ccc2O1)[C@@]1(F)O[C@@H](n2ccc(=O)[nH]c2=S)[C@H](O)[C@@H]1O.[2H]C([2H])(OP1(=O)OCc2cc(F)ccc2O1)[C@@]1(F)O[C@@]([2H])(n2cc(C)c(=O)[nH]c2=S)[C@H](O)[C@@H]1O.[2H][C@@]1(n2cc(C)c(=O)[nH]c2=S)O[C@](F)(COP2(=O)OCc3cc(F)ccc3O2)[C@@H](O)[C@H]1O. The number of H-pyrrole nitrogens is 4. The molecule has 8 aliphatic rings. The quantitative estimate of drug-likeness (QED) is 0.0247. The van der Waals surface area contributed by atoms with Crippen LogP contribution in [0.15, 0.2) is 123 Å². The fourth-order valence-electron chi connectivity index (χ4n) is 11.8. The number of aliphatic hydroxyl groups is 8. The second kappa shape index (κ2) is 36.8. The molecule has 4 aromatic carbocycles. The number of halogens is 9. The Morgan fingerprint density at radius 2 is 0.710 bits per heavy atom. The fraction of sp³-hybridized carbons (Fsp3) is 0.403. The zero-order valence-corrected chi connectivity index (χ0v) is 70.0. The Bertz CT molecular complexity index is 6520. The first-order valence-corrected chi connectivity index (χ1v) is 42.2. The van der Waals surface area contributed by atoms with Crippen molar-refractivity contribution in [2.24, 2.45) is 0 Å². The summed E-state index contributed by atoms with van der Waals surface area (Å²) in [7, 11) is -18.5. The molecule has 16 rings (SSSR count). The molecule has 4 aromatic heterocycles. The van der Waals surface area contributed by atoms with Crippen molar-refractivity contribution >= 4 is 92.6 Å². The van der Waals surface area contributed by atoms with Crippen molar-refractivity contribution in [1.82, 2.24) is 38.2 Å². The Kier molecular flexibility index (Phi) is 25.8. The fourth-order valence-corrected chi connectivity index (χ4v) is 17.4. The molecule has 20 atom stereocenters. The summed E-state index contributed by atoms with van der Waals surface area (Å²) in [5.74, 6) is -16.8. The van der Waals surface area contributed by atoms with Gasteiger partial charge < -0.3 is 77.9 Å². The van der Waals surface area contributed by atoms with E-state index in [2.05, 4.69) is 29.0 Å². The zero-order valence-electron chi connectivity index (χ0n) is 68.3. The van der Waals surface area contributed by atoms with Crippen LogP contribution in [0.4, 0.5) is 35.1 Å². The number of nitrogens with one attached hydrogen (secondary N) is 4. The van der Waals surface area contributed by atoms with E-state index in [-0.39, 0.29) is 102 Å². The Balaban J connectivity index is 0.000000157. The highest BCUT2D eigenvalue weighted by molar-refractivity contribution is 7.71. The number of phosphoric acid groups is 4. The van der Waals surface area contributed by atoms with E-state index in [9.17, 15) is 95.9 Å². The molecule has 4 fully saturated rings. The molecule has 0 aliphatic carbocycles. The van der Waals surface area contributed by atoms with Crippen LogP contribution in [-0.4, -0.2) is 178 Å². The topological polar surface area (TPSA) is 529 Å². The minimum Gasteiger partial charge on any atom is -0.404 e. The number of fused-ring (bicyclic) bond motifs is 4. The molecule has 57 heteroatoms. The number of phosphoric ester groups is 4. The predicted molar refractivity (Wildman–Crippen MR) is 410 cm³/mol. The third-order valence-corrected chi connectivity index (χ3v) is 24.5. The molecule has 8 aromatic rings. The molecule has 0 bridgehead atoms. The Morgan fingerprint density at radius 3 is 1.08 bits per heavy atom. The van der Waals surface area contributed by atoms with E-state index in [1.165, 1.54) is 39.1 Å². The van der Waals surface area contributed by atoms with Gasteiger partial charge >= 0.3 is 31.3 Å². The van der Waals surface area contributed by atoms with E-state index in [0.29, 0.717) is 4.57 Å². The van der Waals surface area contributed by atoms with Crippen molar-refractivity contribution in [3.63, 3.8) is 0 Å². The Hall–Kier alpha value is -7.67. The van der Waals surface area contributed by atoms with E-state index in [1.54, 1.807) is 0 Å². The van der Waals surface area contributed by atoms with Crippen LogP contribution in [0.1, 0.15) is 72.0 Å². The van der Waals surface area contributed by atoms with E-state index < -0.39 is 218 Å². The molecule has 12 N–H and O–H groups in total. The van der Waals surface area contributed by atoms with Crippen LogP contribution >= 0.6 is 92.6 Å². The van der Waals surface area contributed by atoms with Crippen LogP contribution in [-0.2, 0) is 99.8 Å². The maximum atomic E-state index is 15.8. The van der Waals surface area contributed by atoms with Gasteiger partial charge in [-0.05, 0) is 142 Å². The van der Waals surface area contributed by atoms with Crippen molar-refractivity contribution in [3.8, 4) is 23.0 Å². The molecule has 124 heavy (non-hydrogen) atoms. The summed E-state index contributed by atoms with van der Waals surface area (Å²) in [6, 6.07) is 13.9. The minimum absolute atomic E-state index is 0. The third-order valence-electron chi connectivity index (χ3n) is 18.3. The van der Waals surface area contributed by atoms with Gasteiger partial charge in [0, 0.05) is 69.8 Å². The van der Waals surface area contributed by atoms with Crippen LogP contribution < -0.4 is 40.3 Å². The van der Waals surface area contributed by atoms with Crippen LogP contribution in [0.25, 0.3) is 0 Å². The molecule has 4 unspecified atom stereocenters. The molecule has 12 heterocycles. The highest BCUT2D eigenvalue weighted by Crippen LogP contribution is 2.60. The first-order chi connectivity index (χ1) is 59.8. The molecule has 4 saturated heterocycles. The van der Waals surface area contributed by atoms with Gasteiger partial charge in [0.25, 0.3) is 45.7 Å². The molecule has 8 aliphatic heterocycles. The summed E-state index contributed by atoms with van der Waals surface area (Å²) in [5, 5.41) is 82.4. The summed E-state index contributed by atoms with van der Waals surface area (Å²) in [6.07, 6.45) is -23.0. The number of hydrogen-bond donors (Lipinski definition) is 12. The van der Waals surface area contributed by atoms with E-state index >= 15 is 17.6 Å². The van der Waals surface area contributed by atoms with Crippen molar-refractivity contribution in [2.45, 2.75) is 144 Å². The smallest absolute Gasteiger partial charge is 0.404 e. The number of aromatic nitrogens is 8. The van der Waals surface area contributed by atoms with Crippen LogP contribution in [0.3, 0.4) is 0 Å². The lowest BCUT2D eigenvalue weighted by atomic mass is 10.1. The number of ether oxygens (including phenoxy) is 4. The monoisotopic (exact) mass is 1940 g/mol. The first-order valence-electron chi connectivity index (χ1n) is 37.7. The lowest BCUT2D eigenvalue weighted by molar-refractivity contribution is -0.205. The number of aromatic amines is 4. The molecule has 0 amide bonds. The van der Waals surface area contributed by atoms with E-state index in [4.69, 9.17) is 121 Å². The normalized spacial score (nSPS) is 34.5. The van der Waals surface area contributed by atoms with Crippen molar-refractivity contribution < 1.29 is 176 Å². The van der Waals surface area contributed by atoms with Gasteiger partial charge in [-0.3, -0.25) is 93.6 Å². The molecule has 0 saturated carbocycles. The maximum Gasteiger partial charge on any atom is 0.530 e. The average Bonchev–Trinajstić information content (AvgIpc) is 1.54. The predicted octanol–water partition coefficient (Wildman–Crippen LogP) is 8.13. The summed E-state index contributed by atoms with van der Waals surface area (Å²) in [4.78, 5) is 55.3. The number of alkyl halides is 4. The van der Waals surface area contributed by atoms with Gasteiger partial charge in [0.1, 0.15) is 121 Å². The molecular formula is C67H67ClF8N8O32P4S4. The summed E-state index contributed by atoms with van der Waals surface area (Å²) >= 11 is 19.8. The van der Waals surface area contributed by atoms with Gasteiger partial charge in [0.15, 0.2) is 43.9 Å². The largest absolute Gasteiger partial charge is 0.530 e. The van der Waals surface area contributed by atoms with Gasteiger partial charge in [-0.1, -0.05) is 0 Å². The minimum atomic E-state index is -4.91. The number of aliphatic hydroxyl groups excluding tert-OH is 8. The molecular weight excluding hydrogens is 1870 g/mol. The van der Waals surface area contributed by atoms with Gasteiger partial charge in [0.2, 0.25) is 0 Å². The molecule has 0 radical (unpaired) electrons. The van der Waals surface area contributed by atoms with Crippen molar-refractivity contribution in [2.75, 3.05) is 26.3 Å². The third kappa shape index (κ3) is 20.2. The second-order valence-electron chi connectivity index (χ2n) is 27.0. The lowest BCUT2D eigenvalue weighted by Gasteiger charge is -2.28. The van der Waals surface area contributed by atoms with E-state index in [0.717, 1.165) is 99.0 Å². The number of aryl methyl sites for hydroxylation is 3. The second-order valence-corrected chi connectivity index (χ2v) is 34.7. The summed E-state index contributed by atoms with van der Waals surface area (Å²) in [6.45, 7) is -7.51. The van der Waals surface area contributed by atoms with Gasteiger partial charge in [0.05, 0.1) is 34.7 Å². The first kappa shape index (κ1) is 87.0. The standard InChI is InChI=1S/3C17H17F2N2O8PS.C16H15F2N2O8PS.ClH/c3*1-8-5-21(16(31)20-14(8)24)15-12(22)13(23)17(19,28-15)7-27-30(25)26-6-9-4-10(18)2-3-11(9)29-30;17-9-1-2-10-8(5-9)6-25-29(24,28-10)26-7-16(18)13(23)12(22)14(27-16)20-4-3-11(21)19-15(20)30;/h3*2-5,12-13,15,22-23H,6-7H2,1H3,(H,20,24,31);1-5,12-14,22-23H,6-7H2,(H,19,21,30);1H/t3*12-,13+,15-,17-,30?;12-,13+,14-,16-,29?;/m1111./s1/i7D2,15D;15D;;7D2;. The lowest BCUT2D eigenvalue weighted by Crippen LogP contribution is -2.43. The number of benzene rings is 4. The van der Waals surface area contributed by atoms with Crippen molar-refractivity contribution in [1.29, 1.82) is 0 Å². The zero-order chi connectivity index (χ0) is 94.8. The van der Waals surface area contributed by atoms with Gasteiger partial charge in [-0.15, -0.1) is 12.4 Å². The van der Waals surface area contributed by atoms with Gasteiger partial charge in [-0.2, -0.15) is 0 Å². The highest BCUT2D eigenvalue weighted by Gasteiger charge is 2.62. The summed E-state index contributed by atoms with van der Waals surface area (Å²) in [5.41, 5.74) is -1.25. The van der Waals surface area contributed by atoms with Gasteiger partial charge in [-0.25, -0.2) is 53.4 Å². The summed E-state index contributed by atoms with van der Waals surface area (Å²) < 4.78 is 296. The Morgan fingerprint density at radius 1 is 0.427 bits per heavy atom.